The van der Waals surface area contributed by atoms with E-state index in [1.165, 1.54) is 11.0 Å². The van der Waals surface area contributed by atoms with Crippen molar-refractivity contribution in [1.29, 1.82) is 0 Å². The summed E-state index contributed by atoms with van der Waals surface area (Å²) in [5, 5.41) is 0.539. The summed E-state index contributed by atoms with van der Waals surface area (Å²) in [6.45, 7) is 1.84. The fourth-order valence-corrected chi connectivity index (χ4v) is 2.25. The maximum absolute atomic E-state index is 13.6. The van der Waals surface area contributed by atoms with Crippen LogP contribution >= 0.6 is 11.6 Å². The molecule has 0 aliphatic carbocycles. The van der Waals surface area contributed by atoms with Gasteiger partial charge in [-0.15, -0.1) is 0 Å². The van der Waals surface area contributed by atoms with Gasteiger partial charge in [0.1, 0.15) is 11.6 Å². The first-order valence-electron chi connectivity index (χ1n) is 6.88. The molecule has 2 aromatic rings. The van der Waals surface area contributed by atoms with E-state index in [2.05, 4.69) is 0 Å². The summed E-state index contributed by atoms with van der Waals surface area (Å²) in [7, 11) is 1.62. The van der Waals surface area contributed by atoms with Gasteiger partial charge in [0.2, 0.25) is 0 Å². The highest BCUT2D eigenvalue weighted by Gasteiger charge is 2.20. The van der Waals surface area contributed by atoms with E-state index in [1.54, 1.807) is 56.4 Å². The van der Waals surface area contributed by atoms with Crippen LogP contribution in [-0.4, -0.2) is 24.0 Å². The number of rotatable bonds is 5. The molecule has 0 aliphatic rings. The fraction of sp³-hybridized carbons (Fsp3) is 0.235. The van der Waals surface area contributed by atoms with Gasteiger partial charge in [-0.2, -0.15) is 0 Å². The molecule has 0 radical (unpaired) electrons. The Morgan fingerprint density at radius 3 is 2.68 bits per heavy atom. The molecule has 3 nitrogen and oxygen atoms in total. The van der Waals surface area contributed by atoms with Crippen molar-refractivity contribution >= 4 is 17.5 Å². The van der Waals surface area contributed by atoms with Crippen molar-refractivity contribution in [1.82, 2.24) is 4.90 Å². The molecule has 1 atom stereocenters. The minimum Gasteiger partial charge on any atom is -0.481 e. The summed E-state index contributed by atoms with van der Waals surface area (Å²) in [5.41, 5.74) is 0.466. The molecule has 2 aromatic carbocycles. The Morgan fingerprint density at radius 1 is 1.27 bits per heavy atom. The number of hydrogen-bond donors (Lipinski definition) is 0. The van der Waals surface area contributed by atoms with Crippen molar-refractivity contribution in [3.05, 3.63) is 64.9 Å². The molecule has 0 spiro atoms. The Morgan fingerprint density at radius 2 is 2.00 bits per heavy atom. The molecule has 0 bridgehead atoms. The summed E-state index contributed by atoms with van der Waals surface area (Å²) in [4.78, 5) is 13.7. The molecule has 0 saturated heterocycles. The van der Waals surface area contributed by atoms with E-state index in [0.29, 0.717) is 16.3 Å². The highest BCUT2D eigenvalue weighted by atomic mass is 35.5. The molecule has 5 heteroatoms. The first-order valence-corrected chi connectivity index (χ1v) is 7.26. The van der Waals surface area contributed by atoms with Crippen molar-refractivity contribution in [3.8, 4) is 5.75 Å². The lowest BCUT2D eigenvalue weighted by molar-refractivity contribution is -0.137. The van der Waals surface area contributed by atoms with Crippen LogP contribution in [0.2, 0.25) is 5.02 Å². The predicted molar refractivity (Wildman–Crippen MR) is 84.4 cm³/mol. The molecule has 1 unspecified atom stereocenters. The molecule has 0 N–H and O–H groups in total. The van der Waals surface area contributed by atoms with Gasteiger partial charge < -0.3 is 9.64 Å². The molecule has 1 amide bonds. The monoisotopic (exact) mass is 321 g/mol. The largest absolute Gasteiger partial charge is 0.481 e. The zero-order valence-electron chi connectivity index (χ0n) is 12.4. The second kappa shape index (κ2) is 7.27. The predicted octanol–water partition coefficient (Wildman–Crippen LogP) is 3.91. The minimum atomic E-state index is -0.685. The number of nitrogens with zero attached hydrogens (tertiary/aromatic N) is 1. The lowest BCUT2D eigenvalue weighted by Gasteiger charge is -2.22. The third-order valence-electron chi connectivity index (χ3n) is 3.20. The zero-order valence-corrected chi connectivity index (χ0v) is 13.2. The van der Waals surface area contributed by atoms with Gasteiger partial charge in [0.15, 0.2) is 6.10 Å². The van der Waals surface area contributed by atoms with Gasteiger partial charge >= 0.3 is 0 Å². The maximum atomic E-state index is 13.6. The first kappa shape index (κ1) is 16.3. The molecule has 0 aromatic heterocycles. The summed E-state index contributed by atoms with van der Waals surface area (Å²) in [6, 6.07) is 13.2. The Labute approximate surface area is 134 Å². The van der Waals surface area contributed by atoms with Crippen molar-refractivity contribution in [3.63, 3.8) is 0 Å². The Hall–Kier alpha value is -2.07. The molecule has 0 aliphatic heterocycles. The molecule has 2 rings (SSSR count). The van der Waals surface area contributed by atoms with Gasteiger partial charge in [-0.05, 0) is 31.2 Å². The molecule has 0 fully saturated rings. The van der Waals surface area contributed by atoms with Crippen LogP contribution in [0.5, 0.6) is 5.75 Å². The first-order chi connectivity index (χ1) is 10.5. The zero-order chi connectivity index (χ0) is 16.1. The average Bonchev–Trinajstić information content (AvgIpc) is 2.48. The van der Waals surface area contributed by atoms with Crippen molar-refractivity contribution in [2.75, 3.05) is 7.05 Å². The summed E-state index contributed by atoms with van der Waals surface area (Å²) in [5.74, 6) is -0.0403. The number of carbonyl (C=O) groups is 1. The number of likely N-dealkylation sites (N-methyl/N-ethyl adjacent to an activating group) is 1. The van der Waals surface area contributed by atoms with E-state index < -0.39 is 6.10 Å². The highest BCUT2D eigenvalue weighted by Crippen LogP contribution is 2.19. The second-order valence-electron chi connectivity index (χ2n) is 5.00. The number of ether oxygens (including phenoxy) is 1. The minimum absolute atomic E-state index is 0.189. The van der Waals surface area contributed by atoms with E-state index in [4.69, 9.17) is 16.3 Å². The highest BCUT2D eigenvalue weighted by molar-refractivity contribution is 6.30. The van der Waals surface area contributed by atoms with Crippen LogP contribution in [-0.2, 0) is 11.3 Å². The van der Waals surface area contributed by atoms with Crippen molar-refractivity contribution < 1.29 is 13.9 Å². The van der Waals surface area contributed by atoms with Gasteiger partial charge in [-0.25, -0.2) is 4.39 Å². The summed E-state index contributed by atoms with van der Waals surface area (Å²) < 4.78 is 19.2. The topological polar surface area (TPSA) is 29.5 Å². The lowest BCUT2D eigenvalue weighted by atomic mass is 10.2. The molecular formula is C17H17ClFNO2. The van der Waals surface area contributed by atoms with Crippen LogP contribution in [0.1, 0.15) is 12.5 Å². The Balaban J connectivity index is 1.99. The molecule has 116 valence electrons. The third kappa shape index (κ3) is 4.21. The van der Waals surface area contributed by atoms with E-state index in [9.17, 15) is 9.18 Å². The maximum Gasteiger partial charge on any atom is 0.263 e. The Kier molecular flexibility index (Phi) is 5.39. The van der Waals surface area contributed by atoms with Crippen LogP contribution in [0, 0.1) is 5.82 Å². The van der Waals surface area contributed by atoms with Crippen LogP contribution in [0.25, 0.3) is 0 Å². The number of carbonyl (C=O) groups excluding carboxylic acids is 1. The third-order valence-corrected chi connectivity index (χ3v) is 3.43. The van der Waals surface area contributed by atoms with Crippen LogP contribution in [0.15, 0.2) is 48.5 Å². The van der Waals surface area contributed by atoms with E-state index >= 15 is 0 Å². The standard InChI is InChI=1S/C17H17ClFNO2/c1-12(22-15-8-5-7-14(18)10-15)17(21)20(2)11-13-6-3-4-9-16(13)19/h3-10,12H,11H2,1-2H3. The van der Waals surface area contributed by atoms with Crippen LogP contribution < -0.4 is 4.74 Å². The van der Waals surface area contributed by atoms with Gasteiger partial charge in [0, 0.05) is 24.2 Å². The van der Waals surface area contributed by atoms with E-state index in [0.717, 1.165) is 0 Å². The fourth-order valence-electron chi connectivity index (χ4n) is 2.07. The number of halogens is 2. The quantitative estimate of drug-likeness (QED) is 0.835. The molecule has 22 heavy (non-hydrogen) atoms. The normalized spacial score (nSPS) is 11.8. The van der Waals surface area contributed by atoms with Crippen LogP contribution in [0.4, 0.5) is 4.39 Å². The van der Waals surface area contributed by atoms with Crippen molar-refractivity contribution in [2.24, 2.45) is 0 Å². The lowest BCUT2D eigenvalue weighted by Crippen LogP contribution is -2.37. The van der Waals surface area contributed by atoms with Gasteiger partial charge in [-0.1, -0.05) is 35.9 Å². The molecular weight excluding hydrogens is 305 g/mol. The van der Waals surface area contributed by atoms with E-state index in [1.807, 2.05) is 0 Å². The summed E-state index contributed by atoms with van der Waals surface area (Å²) >= 11 is 5.88. The summed E-state index contributed by atoms with van der Waals surface area (Å²) in [6.07, 6.45) is -0.685. The van der Waals surface area contributed by atoms with E-state index in [-0.39, 0.29) is 18.3 Å². The second-order valence-corrected chi connectivity index (χ2v) is 5.44. The number of amides is 1. The van der Waals surface area contributed by atoms with Gasteiger partial charge in [-0.3, -0.25) is 4.79 Å². The molecule has 0 heterocycles. The van der Waals surface area contributed by atoms with Crippen molar-refractivity contribution in [2.45, 2.75) is 19.6 Å². The average molecular weight is 322 g/mol. The number of hydrogen-bond acceptors (Lipinski definition) is 2. The number of benzene rings is 2. The molecule has 0 saturated carbocycles. The smallest absolute Gasteiger partial charge is 0.263 e. The van der Waals surface area contributed by atoms with Crippen LogP contribution in [0.3, 0.4) is 0 Å². The van der Waals surface area contributed by atoms with Gasteiger partial charge in [0.05, 0.1) is 0 Å². The SMILES string of the molecule is CC(Oc1cccc(Cl)c1)C(=O)N(C)Cc1ccccc1F. The Bertz CT molecular complexity index is 663. The van der Waals surface area contributed by atoms with Gasteiger partial charge in [0.25, 0.3) is 5.91 Å².